The molecule has 1 N–H and O–H groups in total. The van der Waals surface area contributed by atoms with E-state index in [1.807, 2.05) is 13.8 Å². The monoisotopic (exact) mass is 361 g/mol. The third-order valence-corrected chi connectivity index (χ3v) is 3.98. The molecule has 0 bridgehead atoms. The average Bonchev–Trinajstić information content (AvgIpc) is 2.49. The van der Waals surface area contributed by atoms with Crippen molar-refractivity contribution in [3.8, 4) is 0 Å². The minimum Gasteiger partial charge on any atom is -0.384 e. The van der Waals surface area contributed by atoms with Crippen LogP contribution in [0.5, 0.6) is 0 Å². The Bertz CT molecular complexity index is 600. The second-order valence-corrected chi connectivity index (χ2v) is 6.28. The maximum atomic E-state index is 13.1. The van der Waals surface area contributed by atoms with Crippen molar-refractivity contribution in [2.75, 3.05) is 31.5 Å². The number of nitrogens with zero attached hydrogens (tertiary/aromatic N) is 2. The lowest BCUT2D eigenvalue weighted by atomic mass is 10.1. The van der Waals surface area contributed by atoms with Gasteiger partial charge in [0, 0.05) is 44.0 Å². The average molecular weight is 361 g/mol. The molecule has 140 valence electrons. The molecule has 0 saturated carbocycles. The van der Waals surface area contributed by atoms with E-state index < -0.39 is 22.4 Å². The molecule has 1 fully saturated rings. The number of nitro groups is 1. The van der Waals surface area contributed by atoms with E-state index in [9.17, 15) is 23.3 Å². The fraction of sp³-hybridized carbons (Fsp3) is 0.625. The number of hydrogen-bond acceptors (Lipinski definition) is 5. The molecule has 25 heavy (non-hydrogen) atoms. The Morgan fingerprint density at radius 2 is 1.96 bits per heavy atom. The van der Waals surface area contributed by atoms with Crippen LogP contribution in [0.4, 0.5) is 24.5 Å². The first-order valence-corrected chi connectivity index (χ1v) is 8.14. The first-order valence-electron chi connectivity index (χ1n) is 8.14. The highest BCUT2D eigenvalue weighted by Crippen LogP contribution is 2.37. The van der Waals surface area contributed by atoms with E-state index in [4.69, 9.17) is 4.74 Å². The molecule has 1 aliphatic rings. The Morgan fingerprint density at radius 3 is 2.52 bits per heavy atom. The van der Waals surface area contributed by atoms with Crippen LogP contribution < -0.4 is 5.32 Å². The van der Waals surface area contributed by atoms with Crippen LogP contribution in [0.2, 0.25) is 0 Å². The molecule has 0 spiro atoms. The zero-order valence-corrected chi connectivity index (χ0v) is 14.2. The highest BCUT2D eigenvalue weighted by atomic mass is 19.4. The van der Waals surface area contributed by atoms with Crippen LogP contribution in [-0.4, -0.2) is 48.2 Å². The maximum Gasteiger partial charge on any atom is 0.418 e. The lowest BCUT2D eigenvalue weighted by molar-refractivity contribution is -0.385. The predicted molar refractivity (Wildman–Crippen MR) is 87.7 cm³/mol. The molecule has 0 amide bonds. The highest BCUT2D eigenvalue weighted by molar-refractivity contribution is 5.57. The van der Waals surface area contributed by atoms with Crippen molar-refractivity contribution < 1.29 is 22.8 Å². The zero-order valence-electron chi connectivity index (χ0n) is 14.2. The van der Waals surface area contributed by atoms with Gasteiger partial charge < -0.3 is 10.1 Å². The van der Waals surface area contributed by atoms with Crippen molar-refractivity contribution in [3.05, 3.63) is 33.9 Å². The van der Waals surface area contributed by atoms with E-state index in [0.717, 1.165) is 31.8 Å². The summed E-state index contributed by atoms with van der Waals surface area (Å²) in [5.74, 6) is 0. The van der Waals surface area contributed by atoms with Crippen molar-refractivity contribution in [1.82, 2.24) is 4.90 Å². The van der Waals surface area contributed by atoms with Crippen LogP contribution in [0.15, 0.2) is 18.2 Å². The molecule has 0 aromatic heterocycles. The number of nitrogens with one attached hydrogen (secondary N) is 1. The van der Waals surface area contributed by atoms with Gasteiger partial charge in [0.25, 0.3) is 5.69 Å². The van der Waals surface area contributed by atoms with Gasteiger partial charge in [0.1, 0.15) is 0 Å². The van der Waals surface area contributed by atoms with Gasteiger partial charge in [-0.3, -0.25) is 15.0 Å². The molecular formula is C16H22F3N3O3. The molecule has 2 atom stereocenters. The van der Waals surface area contributed by atoms with Crippen LogP contribution in [0.25, 0.3) is 0 Å². The Kier molecular flexibility index (Phi) is 6.23. The summed E-state index contributed by atoms with van der Waals surface area (Å²) in [6, 6.07) is 2.75. The van der Waals surface area contributed by atoms with E-state index >= 15 is 0 Å². The number of hydrogen-bond donors (Lipinski definition) is 1. The maximum absolute atomic E-state index is 13.1. The number of benzene rings is 1. The van der Waals surface area contributed by atoms with Crippen molar-refractivity contribution in [1.29, 1.82) is 0 Å². The lowest BCUT2D eigenvalue weighted by Gasteiger charge is -2.35. The van der Waals surface area contributed by atoms with Crippen molar-refractivity contribution >= 4 is 11.4 Å². The standard InChI is InChI=1S/C16H22F3N3O3/c1-11-9-21(10-12(2)25-11)7-3-6-20-15-5-4-13(22(23)24)8-14(15)16(17,18)19/h4-5,8,11-12,20H,3,6-7,9-10H2,1-2H3. The summed E-state index contributed by atoms with van der Waals surface area (Å²) in [7, 11) is 0. The van der Waals surface area contributed by atoms with Crippen LogP contribution in [0, 0.1) is 10.1 Å². The summed E-state index contributed by atoms with van der Waals surface area (Å²) in [5.41, 5.74) is -1.73. The summed E-state index contributed by atoms with van der Waals surface area (Å²) >= 11 is 0. The van der Waals surface area contributed by atoms with Crippen molar-refractivity contribution in [2.24, 2.45) is 0 Å². The first kappa shape index (κ1) is 19.5. The number of ether oxygens (including phenoxy) is 1. The van der Waals surface area contributed by atoms with Gasteiger partial charge in [-0.1, -0.05) is 0 Å². The molecule has 1 aromatic rings. The normalized spacial score (nSPS) is 22.0. The van der Waals surface area contributed by atoms with E-state index in [2.05, 4.69) is 10.2 Å². The topological polar surface area (TPSA) is 67.6 Å². The molecule has 0 aliphatic carbocycles. The summed E-state index contributed by atoms with van der Waals surface area (Å²) in [6.07, 6.45) is -3.71. The Balaban J connectivity index is 1.93. The number of anilines is 1. The van der Waals surface area contributed by atoms with Crippen LogP contribution in [0.1, 0.15) is 25.8 Å². The Labute approximate surface area is 144 Å². The lowest BCUT2D eigenvalue weighted by Crippen LogP contribution is -2.45. The van der Waals surface area contributed by atoms with Gasteiger partial charge >= 0.3 is 6.18 Å². The molecule has 6 nitrogen and oxygen atoms in total. The molecule has 1 aliphatic heterocycles. The molecule has 1 aromatic carbocycles. The summed E-state index contributed by atoms with van der Waals surface area (Å²) < 4.78 is 44.9. The molecule has 1 saturated heterocycles. The number of morpholine rings is 1. The predicted octanol–water partition coefficient (Wildman–Crippen LogP) is 3.52. The molecule has 2 unspecified atom stereocenters. The third kappa shape index (κ3) is 5.57. The van der Waals surface area contributed by atoms with Gasteiger partial charge in [-0.05, 0) is 26.3 Å². The van der Waals surface area contributed by atoms with Crippen LogP contribution in [0.3, 0.4) is 0 Å². The summed E-state index contributed by atoms with van der Waals surface area (Å²) in [4.78, 5) is 12.1. The van der Waals surface area contributed by atoms with Crippen molar-refractivity contribution in [2.45, 2.75) is 38.7 Å². The van der Waals surface area contributed by atoms with E-state index in [1.165, 1.54) is 0 Å². The van der Waals surface area contributed by atoms with Crippen molar-refractivity contribution in [3.63, 3.8) is 0 Å². The van der Waals surface area contributed by atoms with E-state index in [1.54, 1.807) is 0 Å². The quantitative estimate of drug-likeness (QED) is 0.477. The second-order valence-electron chi connectivity index (χ2n) is 6.28. The molecule has 0 radical (unpaired) electrons. The van der Waals surface area contributed by atoms with Crippen LogP contribution in [-0.2, 0) is 10.9 Å². The molecular weight excluding hydrogens is 339 g/mol. The molecule has 1 heterocycles. The Hall–Kier alpha value is -1.87. The number of non-ortho nitro benzene ring substituents is 1. The van der Waals surface area contributed by atoms with Gasteiger partial charge in [-0.15, -0.1) is 0 Å². The number of alkyl halides is 3. The molecule has 9 heteroatoms. The van der Waals surface area contributed by atoms with Gasteiger partial charge in [0.05, 0.1) is 22.7 Å². The zero-order chi connectivity index (χ0) is 18.6. The minimum absolute atomic E-state index is 0.137. The fourth-order valence-corrected chi connectivity index (χ4v) is 3.03. The molecule has 2 rings (SSSR count). The number of nitro benzene ring substituents is 1. The minimum atomic E-state index is -4.65. The first-order chi connectivity index (χ1) is 11.7. The van der Waals surface area contributed by atoms with Crippen LogP contribution >= 0.6 is 0 Å². The van der Waals surface area contributed by atoms with Gasteiger partial charge in [0.2, 0.25) is 0 Å². The Morgan fingerprint density at radius 1 is 1.32 bits per heavy atom. The smallest absolute Gasteiger partial charge is 0.384 e. The fourth-order valence-electron chi connectivity index (χ4n) is 3.03. The largest absolute Gasteiger partial charge is 0.418 e. The third-order valence-electron chi connectivity index (χ3n) is 3.98. The second kappa shape index (κ2) is 8.01. The van der Waals surface area contributed by atoms with Gasteiger partial charge in [-0.25, -0.2) is 0 Å². The van der Waals surface area contributed by atoms with Gasteiger partial charge in [-0.2, -0.15) is 13.2 Å². The number of rotatable bonds is 6. The number of halogens is 3. The van der Waals surface area contributed by atoms with E-state index in [-0.39, 0.29) is 17.9 Å². The highest BCUT2D eigenvalue weighted by Gasteiger charge is 2.35. The van der Waals surface area contributed by atoms with Gasteiger partial charge in [0.15, 0.2) is 0 Å². The van der Waals surface area contributed by atoms with E-state index in [0.29, 0.717) is 19.0 Å². The summed E-state index contributed by atoms with van der Waals surface area (Å²) in [5, 5.41) is 13.4. The summed E-state index contributed by atoms with van der Waals surface area (Å²) in [6.45, 7) is 6.69. The SMILES string of the molecule is CC1CN(CCCNc2ccc([N+](=O)[O-])cc2C(F)(F)F)CC(C)O1.